The molecule has 0 radical (unpaired) electrons. The number of anilines is 1. The maximum Gasteiger partial charge on any atom is 0.335 e. The molecular formula is C15H13NO5S. The highest BCUT2D eigenvalue weighted by Crippen LogP contribution is 2.24. The van der Waals surface area contributed by atoms with Crippen LogP contribution < -0.4 is 4.72 Å². The molecule has 0 fully saturated rings. The van der Waals surface area contributed by atoms with E-state index in [1.165, 1.54) is 30.3 Å². The van der Waals surface area contributed by atoms with Gasteiger partial charge in [0.05, 0.1) is 23.7 Å². The Morgan fingerprint density at radius 3 is 2.41 bits per heavy atom. The molecule has 3 rings (SSSR count). The Morgan fingerprint density at radius 1 is 1.05 bits per heavy atom. The Balaban J connectivity index is 1.85. The molecule has 2 aromatic carbocycles. The third kappa shape index (κ3) is 2.81. The molecule has 1 aliphatic heterocycles. The number of sulfonamides is 1. The molecule has 1 aliphatic rings. The van der Waals surface area contributed by atoms with Crippen LogP contribution in [0.2, 0.25) is 0 Å². The lowest BCUT2D eigenvalue weighted by atomic mass is 10.1. The lowest BCUT2D eigenvalue weighted by molar-refractivity contribution is 0.0697. The number of carboxylic acid groups (broad SMARTS) is 1. The third-order valence-corrected chi connectivity index (χ3v) is 4.77. The molecule has 0 aliphatic carbocycles. The van der Waals surface area contributed by atoms with Crippen molar-refractivity contribution in [3.63, 3.8) is 0 Å². The summed E-state index contributed by atoms with van der Waals surface area (Å²) in [5.41, 5.74) is 2.26. The summed E-state index contributed by atoms with van der Waals surface area (Å²) in [6.45, 7) is 0.908. The van der Waals surface area contributed by atoms with E-state index in [1.807, 2.05) is 0 Å². The number of hydrogen-bond donors (Lipinski definition) is 2. The predicted molar refractivity (Wildman–Crippen MR) is 79.1 cm³/mol. The van der Waals surface area contributed by atoms with Crippen molar-refractivity contribution < 1.29 is 23.1 Å². The van der Waals surface area contributed by atoms with Gasteiger partial charge >= 0.3 is 5.97 Å². The van der Waals surface area contributed by atoms with E-state index >= 15 is 0 Å². The summed E-state index contributed by atoms with van der Waals surface area (Å²) in [6, 6.07) is 10.4. The first kappa shape index (κ1) is 14.6. The Bertz CT molecular complexity index is 828. The van der Waals surface area contributed by atoms with Crippen LogP contribution >= 0.6 is 0 Å². The molecule has 2 N–H and O–H groups in total. The smallest absolute Gasteiger partial charge is 0.335 e. The van der Waals surface area contributed by atoms with Crippen molar-refractivity contribution in [2.45, 2.75) is 18.1 Å². The number of hydrogen-bond acceptors (Lipinski definition) is 4. The maximum absolute atomic E-state index is 12.4. The van der Waals surface area contributed by atoms with Gasteiger partial charge in [-0.1, -0.05) is 6.07 Å². The zero-order valence-electron chi connectivity index (χ0n) is 11.4. The Morgan fingerprint density at radius 2 is 1.73 bits per heavy atom. The highest BCUT2D eigenvalue weighted by Gasteiger charge is 2.19. The number of benzene rings is 2. The second-order valence-electron chi connectivity index (χ2n) is 4.91. The molecule has 0 saturated carbocycles. The second-order valence-corrected chi connectivity index (χ2v) is 6.59. The normalized spacial score (nSPS) is 13.6. The van der Waals surface area contributed by atoms with Crippen LogP contribution in [0.4, 0.5) is 5.69 Å². The van der Waals surface area contributed by atoms with Gasteiger partial charge in [-0.2, -0.15) is 0 Å². The van der Waals surface area contributed by atoms with Gasteiger partial charge in [0.25, 0.3) is 10.0 Å². The highest BCUT2D eigenvalue weighted by atomic mass is 32.2. The van der Waals surface area contributed by atoms with Crippen LogP contribution in [-0.2, 0) is 28.0 Å². The van der Waals surface area contributed by atoms with Gasteiger partial charge in [-0.05, 0) is 47.5 Å². The van der Waals surface area contributed by atoms with E-state index in [-0.39, 0.29) is 10.5 Å². The highest BCUT2D eigenvalue weighted by molar-refractivity contribution is 7.92. The largest absolute Gasteiger partial charge is 0.478 e. The number of rotatable bonds is 4. The van der Waals surface area contributed by atoms with E-state index in [2.05, 4.69) is 4.72 Å². The number of fused-ring (bicyclic) bond motifs is 1. The van der Waals surface area contributed by atoms with Gasteiger partial charge in [0.2, 0.25) is 0 Å². The average molecular weight is 319 g/mol. The SMILES string of the molecule is O=C(O)c1ccc(NS(=O)(=O)c2ccc3c(c2)COC3)cc1. The van der Waals surface area contributed by atoms with Crippen molar-refractivity contribution in [3.8, 4) is 0 Å². The van der Waals surface area contributed by atoms with Gasteiger partial charge in [-0.3, -0.25) is 4.72 Å². The molecular weight excluding hydrogens is 306 g/mol. The lowest BCUT2D eigenvalue weighted by Crippen LogP contribution is -2.13. The number of ether oxygens (including phenoxy) is 1. The molecule has 1 heterocycles. The van der Waals surface area contributed by atoms with Gasteiger partial charge in [-0.25, -0.2) is 13.2 Å². The Hall–Kier alpha value is -2.38. The van der Waals surface area contributed by atoms with Crippen molar-refractivity contribution in [3.05, 3.63) is 59.2 Å². The van der Waals surface area contributed by atoms with Crippen LogP contribution in [0.15, 0.2) is 47.4 Å². The fraction of sp³-hybridized carbons (Fsp3) is 0.133. The van der Waals surface area contributed by atoms with E-state index in [1.54, 1.807) is 12.1 Å². The molecule has 0 aromatic heterocycles. The van der Waals surface area contributed by atoms with E-state index in [4.69, 9.17) is 9.84 Å². The summed E-state index contributed by atoms with van der Waals surface area (Å²) in [5, 5.41) is 8.83. The van der Waals surface area contributed by atoms with E-state index < -0.39 is 16.0 Å². The van der Waals surface area contributed by atoms with Gasteiger partial charge in [0.15, 0.2) is 0 Å². The summed E-state index contributed by atoms with van der Waals surface area (Å²) in [7, 11) is -3.72. The van der Waals surface area contributed by atoms with Gasteiger partial charge in [-0.15, -0.1) is 0 Å². The standard InChI is InChI=1S/C15H13NO5S/c17-15(18)10-1-4-13(5-2-10)16-22(19,20)14-6-3-11-8-21-9-12(11)7-14/h1-7,16H,8-9H2,(H,17,18). The molecule has 114 valence electrons. The third-order valence-electron chi connectivity index (χ3n) is 3.39. The number of aromatic carboxylic acids is 1. The first-order chi connectivity index (χ1) is 10.5. The fourth-order valence-electron chi connectivity index (χ4n) is 2.21. The Labute approximate surface area is 127 Å². The van der Waals surface area contributed by atoms with Crippen molar-refractivity contribution >= 4 is 21.7 Å². The van der Waals surface area contributed by atoms with Crippen molar-refractivity contribution in [2.24, 2.45) is 0 Å². The number of carbonyl (C=O) groups is 1. The minimum atomic E-state index is -3.72. The Kier molecular flexibility index (Phi) is 3.59. The number of nitrogens with one attached hydrogen (secondary N) is 1. The topological polar surface area (TPSA) is 92.7 Å². The first-order valence-corrected chi connectivity index (χ1v) is 8.00. The molecule has 0 amide bonds. The lowest BCUT2D eigenvalue weighted by Gasteiger charge is -2.09. The zero-order valence-corrected chi connectivity index (χ0v) is 12.3. The summed E-state index contributed by atoms with van der Waals surface area (Å²) < 4.78 is 32.4. The molecule has 0 unspecified atom stereocenters. The van der Waals surface area contributed by atoms with Crippen molar-refractivity contribution in [2.75, 3.05) is 4.72 Å². The minimum Gasteiger partial charge on any atom is -0.478 e. The summed E-state index contributed by atoms with van der Waals surface area (Å²) in [4.78, 5) is 10.9. The summed E-state index contributed by atoms with van der Waals surface area (Å²) >= 11 is 0. The first-order valence-electron chi connectivity index (χ1n) is 6.51. The van der Waals surface area contributed by atoms with Crippen molar-refractivity contribution in [1.82, 2.24) is 0 Å². The minimum absolute atomic E-state index is 0.0950. The number of carboxylic acids is 1. The summed E-state index contributed by atoms with van der Waals surface area (Å²) in [5.74, 6) is -1.06. The molecule has 0 bridgehead atoms. The summed E-state index contributed by atoms with van der Waals surface area (Å²) in [6.07, 6.45) is 0. The quantitative estimate of drug-likeness (QED) is 0.901. The van der Waals surface area contributed by atoms with Crippen LogP contribution in [0.3, 0.4) is 0 Å². The predicted octanol–water partition coefficient (Wildman–Crippen LogP) is 2.22. The van der Waals surface area contributed by atoms with Gasteiger partial charge in [0, 0.05) is 5.69 Å². The fourth-order valence-corrected chi connectivity index (χ4v) is 3.32. The molecule has 0 saturated heterocycles. The average Bonchev–Trinajstić information content (AvgIpc) is 2.94. The van der Waals surface area contributed by atoms with E-state index in [0.29, 0.717) is 18.9 Å². The molecule has 2 aromatic rings. The van der Waals surface area contributed by atoms with E-state index in [0.717, 1.165) is 11.1 Å². The second kappa shape index (κ2) is 5.43. The molecule has 6 nitrogen and oxygen atoms in total. The van der Waals surface area contributed by atoms with Crippen molar-refractivity contribution in [1.29, 1.82) is 0 Å². The van der Waals surface area contributed by atoms with Gasteiger partial charge < -0.3 is 9.84 Å². The van der Waals surface area contributed by atoms with Crippen LogP contribution in [0.25, 0.3) is 0 Å². The van der Waals surface area contributed by atoms with Crippen LogP contribution in [0.1, 0.15) is 21.5 Å². The van der Waals surface area contributed by atoms with E-state index in [9.17, 15) is 13.2 Å². The molecule has 0 atom stereocenters. The molecule has 0 spiro atoms. The van der Waals surface area contributed by atoms with Crippen LogP contribution in [0.5, 0.6) is 0 Å². The molecule has 22 heavy (non-hydrogen) atoms. The maximum atomic E-state index is 12.4. The van der Waals surface area contributed by atoms with Crippen LogP contribution in [0, 0.1) is 0 Å². The zero-order chi connectivity index (χ0) is 15.7. The molecule has 7 heteroatoms. The monoisotopic (exact) mass is 319 g/mol. The van der Waals surface area contributed by atoms with Gasteiger partial charge in [0.1, 0.15) is 0 Å². The van der Waals surface area contributed by atoms with Crippen LogP contribution in [-0.4, -0.2) is 19.5 Å².